The van der Waals surface area contributed by atoms with Crippen molar-refractivity contribution in [2.75, 3.05) is 23.8 Å². The molecular formula is C20H21F2N7O4. The third-order valence-electron chi connectivity index (χ3n) is 4.84. The van der Waals surface area contributed by atoms with Crippen LogP contribution in [0.3, 0.4) is 0 Å². The molecule has 13 heteroatoms. The second kappa shape index (κ2) is 9.73. The molecule has 0 spiro atoms. The maximum absolute atomic E-state index is 12.7. The molecule has 174 valence electrons. The van der Waals surface area contributed by atoms with Crippen LogP contribution in [-0.2, 0) is 11.3 Å². The maximum atomic E-state index is 12.7. The summed E-state index contributed by atoms with van der Waals surface area (Å²) in [6.45, 7) is 0.542. The van der Waals surface area contributed by atoms with Gasteiger partial charge in [0, 0.05) is 24.6 Å². The van der Waals surface area contributed by atoms with Crippen molar-refractivity contribution in [2.45, 2.75) is 31.9 Å². The minimum absolute atomic E-state index is 0.0206. The van der Waals surface area contributed by atoms with Crippen LogP contribution in [0.25, 0.3) is 11.5 Å². The number of nitrogens with zero attached hydrogens (tertiary/aromatic N) is 4. The van der Waals surface area contributed by atoms with Crippen LogP contribution in [0.2, 0.25) is 0 Å². The zero-order chi connectivity index (χ0) is 23.4. The number of aromatic nitrogens is 4. The lowest BCUT2D eigenvalue weighted by atomic mass is 10.2. The molecule has 4 rings (SSSR count). The highest BCUT2D eigenvalue weighted by Crippen LogP contribution is 2.22. The van der Waals surface area contributed by atoms with E-state index in [1.807, 2.05) is 0 Å². The van der Waals surface area contributed by atoms with Crippen LogP contribution in [0, 0.1) is 0 Å². The molecule has 0 bridgehead atoms. The molecule has 11 nitrogen and oxygen atoms in total. The second-order valence-corrected chi connectivity index (χ2v) is 7.31. The molecule has 0 unspecified atom stereocenters. The van der Waals surface area contributed by atoms with E-state index >= 15 is 0 Å². The van der Waals surface area contributed by atoms with Crippen molar-refractivity contribution >= 4 is 23.3 Å². The summed E-state index contributed by atoms with van der Waals surface area (Å²) in [6.07, 6.45) is 3.31. The summed E-state index contributed by atoms with van der Waals surface area (Å²) in [5.74, 6) is -1.14. The molecule has 0 aliphatic carbocycles. The predicted molar refractivity (Wildman–Crippen MR) is 112 cm³/mol. The number of carbonyl (C=O) groups excluding carboxylic acids is 2. The first kappa shape index (κ1) is 22.3. The Morgan fingerprint density at radius 3 is 2.94 bits per heavy atom. The summed E-state index contributed by atoms with van der Waals surface area (Å²) in [5.41, 5.74) is 5.81. The summed E-state index contributed by atoms with van der Waals surface area (Å²) in [6, 6.07) is 3.03. The minimum atomic E-state index is -2.53. The molecule has 1 atom stereocenters. The maximum Gasteiger partial charge on any atom is 0.277 e. The van der Waals surface area contributed by atoms with Gasteiger partial charge in [0.15, 0.2) is 11.4 Å². The average Bonchev–Trinajstić information content (AvgIpc) is 3.54. The molecule has 0 aromatic carbocycles. The Hall–Kier alpha value is -3.87. The van der Waals surface area contributed by atoms with E-state index in [-0.39, 0.29) is 34.9 Å². The molecule has 4 heterocycles. The van der Waals surface area contributed by atoms with Gasteiger partial charge in [-0.05, 0) is 25.0 Å². The van der Waals surface area contributed by atoms with E-state index in [1.54, 1.807) is 6.07 Å². The SMILES string of the molecule is NC(=O)c1nn(C[C@H]2CCCO2)cc1NC(=O)c1coc(-c2ccnc(NCC(F)F)c2)n1. The highest BCUT2D eigenvalue weighted by molar-refractivity contribution is 6.07. The fourth-order valence-electron chi connectivity index (χ4n) is 3.32. The molecule has 1 aliphatic rings. The van der Waals surface area contributed by atoms with E-state index < -0.39 is 24.8 Å². The Balaban J connectivity index is 1.47. The normalized spacial score (nSPS) is 15.7. The number of anilines is 2. The van der Waals surface area contributed by atoms with Gasteiger partial charge in [-0.1, -0.05) is 0 Å². The lowest BCUT2D eigenvalue weighted by Gasteiger charge is -2.08. The number of ether oxygens (including phenoxy) is 1. The van der Waals surface area contributed by atoms with Crippen LogP contribution < -0.4 is 16.4 Å². The predicted octanol–water partition coefficient (Wildman–Crippen LogP) is 2.14. The quantitative estimate of drug-likeness (QED) is 0.439. The van der Waals surface area contributed by atoms with E-state index in [1.165, 1.54) is 23.1 Å². The summed E-state index contributed by atoms with van der Waals surface area (Å²) in [7, 11) is 0. The van der Waals surface area contributed by atoms with E-state index in [0.717, 1.165) is 19.1 Å². The van der Waals surface area contributed by atoms with Crippen molar-refractivity contribution in [1.29, 1.82) is 0 Å². The summed E-state index contributed by atoms with van der Waals surface area (Å²) in [4.78, 5) is 32.5. The Kier molecular flexibility index (Phi) is 6.58. The van der Waals surface area contributed by atoms with Gasteiger partial charge < -0.3 is 25.5 Å². The molecular weight excluding hydrogens is 440 g/mol. The third kappa shape index (κ3) is 5.49. The highest BCUT2D eigenvalue weighted by atomic mass is 19.3. The number of oxazole rings is 1. The van der Waals surface area contributed by atoms with Crippen LogP contribution in [0.1, 0.15) is 33.8 Å². The largest absolute Gasteiger partial charge is 0.444 e. The van der Waals surface area contributed by atoms with Gasteiger partial charge in [0.2, 0.25) is 5.89 Å². The summed E-state index contributed by atoms with van der Waals surface area (Å²) < 4.78 is 37.2. The minimum Gasteiger partial charge on any atom is -0.444 e. The van der Waals surface area contributed by atoms with Crippen LogP contribution in [0.5, 0.6) is 0 Å². The zero-order valence-electron chi connectivity index (χ0n) is 17.3. The number of primary amides is 1. The number of nitrogens with one attached hydrogen (secondary N) is 2. The highest BCUT2D eigenvalue weighted by Gasteiger charge is 2.22. The van der Waals surface area contributed by atoms with E-state index in [0.29, 0.717) is 18.7 Å². The molecule has 3 aromatic rings. The van der Waals surface area contributed by atoms with Gasteiger partial charge in [0.1, 0.15) is 12.1 Å². The van der Waals surface area contributed by atoms with E-state index in [4.69, 9.17) is 14.9 Å². The lowest BCUT2D eigenvalue weighted by Crippen LogP contribution is -2.18. The summed E-state index contributed by atoms with van der Waals surface area (Å²) in [5, 5.41) is 9.21. The Labute approximate surface area is 186 Å². The summed E-state index contributed by atoms with van der Waals surface area (Å²) >= 11 is 0. The van der Waals surface area contributed by atoms with Crippen LogP contribution in [0.15, 0.2) is 35.2 Å². The second-order valence-electron chi connectivity index (χ2n) is 7.31. The molecule has 1 fully saturated rings. The third-order valence-corrected chi connectivity index (χ3v) is 4.84. The van der Waals surface area contributed by atoms with E-state index in [9.17, 15) is 18.4 Å². The smallest absolute Gasteiger partial charge is 0.277 e. The van der Waals surface area contributed by atoms with Gasteiger partial charge in [-0.15, -0.1) is 0 Å². The number of nitrogens with two attached hydrogens (primary N) is 1. The molecule has 33 heavy (non-hydrogen) atoms. The van der Waals surface area contributed by atoms with Gasteiger partial charge >= 0.3 is 0 Å². The topological polar surface area (TPSA) is 150 Å². The van der Waals surface area contributed by atoms with Gasteiger partial charge in [-0.3, -0.25) is 14.3 Å². The number of alkyl halides is 2. The molecule has 1 saturated heterocycles. The van der Waals surface area contributed by atoms with Crippen molar-refractivity contribution in [3.05, 3.63) is 42.2 Å². The first-order chi connectivity index (χ1) is 15.9. The number of halogens is 2. The van der Waals surface area contributed by atoms with Crippen LogP contribution in [0.4, 0.5) is 20.3 Å². The molecule has 0 saturated carbocycles. The van der Waals surface area contributed by atoms with E-state index in [2.05, 4.69) is 25.7 Å². The Morgan fingerprint density at radius 1 is 1.36 bits per heavy atom. The monoisotopic (exact) mass is 461 g/mol. The number of carbonyl (C=O) groups is 2. The Morgan fingerprint density at radius 2 is 2.21 bits per heavy atom. The van der Waals surface area contributed by atoms with Gasteiger partial charge in [0.25, 0.3) is 18.2 Å². The molecule has 2 amide bonds. The van der Waals surface area contributed by atoms with Crippen molar-refractivity contribution < 1.29 is 27.5 Å². The van der Waals surface area contributed by atoms with Crippen LogP contribution >= 0.6 is 0 Å². The number of hydrogen-bond donors (Lipinski definition) is 3. The van der Waals surface area contributed by atoms with Crippen LogP contribution in [-0.4, -0.2) is 57.2 Å². The zero-order valence-corrected chi connectivity index (χ0v) is 17.3. The molecule has 3 aromatic heterocycles. The lowest BCUT2D eigenvalue weighted by molar-refractivity contribution is 0.0927. The number of hydrogen-bond acceptors (Lipinski definition) is 8. The fourth-order valence-corrected chi connectivity index (χ4v) is 3.32. The van der Waals surface area contributed by atoms with Crippen molar-refractivity contribution in [1.82, 2.24) is 19.7 Å². The van der Waals surface area contributed by atoms with Gasteiger partial charge in [0.05, 0.1) is 24.9 Å². The number of amides is 2. The standard InChI is InChI=1S/C20H21F2N7O4/c21-15(22)7-25-16-6-11(3-4-24-16)20-27-14(10-33-20)19(31)26-13-9-29(28-17(13)18(23)30)8-12-2-1-5-32-12/h3-4,6,9-10,12,15H,1-2,5,7-8H2,(H2,23,30)(H,24,25)(H,26,31)/t12-/m1/s1. The van der Waals surface area contributed by atoms with Crippen molar-refractivity contribution in [3.63, 3.8) is 0 Å². The molecule has 1 aliphatic heterocycles. The fraction of sp³-hybridized carbons (Fsp3) is 0.350. The number of pyridine rings is 1. The first-order valence-corrected chi connectivity index (χ1v) is 10.1. The average molecular weight is 461 g/mol. The van der Waals surface area contributed by atoms with Crippen molar-refractivity contribution in [2.24, 2.45) is 5.73 Å². The first-order valence-electron chi connectivity index (χ1n) is 10.1. The molecule has 0 radical (unpaired) electrons. The van der Waals surface area contributed by atoms with Crippen molar-refractivity contribution in [3.8, 4) is 11.5 Å². The van der Waals surface area contributed by atoms with Gasteiger partial charge in [-0.2, -0.15) is 5.10 Å². The molecule has 4 N–H and O–H groups in total. The number of rotatable bonds is 9. The Bertz CT molecular complexity index is 1140. The van der Waals surface area contributed by atoms with Gasteiger partial charge in [-0.25, -0.2) is 18.7 Å².